The number of hydrogen-bond donors (Lipinski definition) is 3. The largest absolute Gasteiger partial charge is 0.508 e. The molecule has 1 aromatic carbocycles. The Hall–Kier alpha value is -1.32. The first-order valence-electron chi connectivity index (χ1n) is 8.28. The summed E-state index contributed by atoms with van der Waals surface area (Å²) in [5.74, 6) is 1.00. The minimum Gasteiger partial charge on any atom is -0.508 e. The molecule has 4 rings (SSSR count). The number of allylic oxidation sites excluding steroid dienone is 1. The zero-order valence-corrected chi connectivity index (χ0v) is 13.2. The van der Waals surface area contributed by atoms with E-state index in [1.54, 1.807) is 12.1 Å². The van der Waals surface area contributed by atoms with E-state index in [1.807, 2.05) is 13.0 Å². The summed E-state index contributed by atoms with van der Waals surface area (Å²) in [6.07, 6.45) is 3.98. The van der Waals surface area contributed by atoms with Crippen molar-refractivity contribution in [1.82, 2.24) is 0 Å². The zero-order valence-electron chi connectivity index (χ0n) is 13.2. The van der Waals surface area contributed by atoms with Crippen molar-refractivity contribution in [2.24, 2.45) is 17.3 Å². The van der Waals surface area contributed by atoms with Gasteiger partial charge in [-0.1, -0.05) is 19.1 Å². The van der Waals surface area contributed by atoms with Gasteiger partial charge < -0.3 is 15.3 Å². The number of aliphatic hydroxyl groups excluding tert-OH is 2. The van der Waals surface area contributed by atoms with Crippen LogP contribution in [0.3, 0.4) is 0 Å². The van der Waals surface area contributed by atoms with Gasteiger partial charge in [0.25, 0.3) is 0 Å². The minimum absolute atomic E-state index is 0.138. The fraction of sp³-hybridized carbons (Fsp3) is 0.579. The molecule has 3 aliphatic rings. The summed E-state index contributed by atoms with van der Waals surface area (Å²) in [6.45, 7) is 4.18. The van der Waals surface area contributed by atoms with Gasteiger partial charge >= 0.3 is 0 Å². The molecule has 0 saturated heterocycles. The number of benzene rings is 1. The Morgan fingerprint density at radius 3 is 2.77 bits per heavy atom. The van der Waals surface area contributed by atoms with E-state index in [0.717, 1.165) is 24.0 Å². The molecule has 1 saturated carbocycles. The van der Waals surface area contributed by atoms with E-state index in [0.29, 0.717) is 12.3 Å². The highest BCUT2D eigenvalue weighted by atomic mass is 16.3. The summed E-state index contributed by atoms with van der Waals surface area (Å²) in [7, 11) is 0. The van der Waals surface area contributed by atoms with Crippen LogP contribution in [0.25, 0.3) is 0 Å². The Kier molecular flexibility index (Phi) is 2.98. The molecule has 0 heterocycles. The van der Waals surface area contributed by atoms with Gasteiger partial charge in [0.1, 0.15) is 5.75 Å². The van der Waals surface area contributed by atoms with Crippen LogP contribution >= 0.6 is 0 Å². The lowest BCUT2D eigenvalue weighted by Gasteiger charge is -2.51. The highest BCUT2D eigenvalue weighted by molar-refractivity contribution is 5.42. The Labute approximate surface area is 131 Å². The van der Waals surface area contributed by atoms with Gasteiger partial charge in [-0.25, -0.2) is 0 Å². The Morgan fingerprint density at radius 2 is 2.00 bits per heavy atom. The van der Waals surface area contributed by atoms with Crippen molar-refractivity contribution in [3.63, 3.8) is 0 Å². The lowest BCUT2D eigenvalue weighted by molar-refractivity contribution is -0.0549. The van der Waals surface area contributed by atoms with E-state index in [-0.39, 0.29) is 29.1 Å². The molecule has 22 heavy (non-hydrogen) atoms. The summed E-state index contributed by atoms with van der Waals surface area (Å²) in [4.78, 5) is 0. The SMILES string of the molecule is CC1=CC2C3C(O)Cc4cc(O)ccc4C3CC[C@]2(C)[C@H]1O. The second-order valence-corrected chi connectivity index (χ2v) is 7.72. The average Bonchev–Trinajstić information content (AvgIpc) is 2.70. The molecule has 0 aliphatic heterocycles. The van der Waals surface area contributed by atoms with Crippen molar-refractivity contribution in [2.45, 2.75) is 51.2 Å². The first-order chi connectivity index (χ1) is 10.4. The molecule has 6 atom stereocenters. The summed E-state index contributed by atoms with van der Waals surface area (Å²) in [5, 5.41) is 31.1. The fourth-order valence-corrected chi connectivity index (χ4v) is 5.39. The number of phenolic OH excluding ortho intramolecular Hbond substituents is 1. The van der Waals surface area contributed by atoms with E-state index < -0.39 is 6.10 Å². The summed E-state index contributed by atoms with van der Waals surface area (Å²) < 4.78 is 0. The number of phenols is 1. The molecule has 1 aromatic rings. The van der Waals surface area contributed by atoms with Gasteiger partial charge in [-0.05, 0) is 72.8 Å². The topological polar surface area (TPSA) is 60.7 Å². The number of hydrogen-bond acceptors (Lipinski definition) is 3. The van der Waals surface area contributed by atoms with Gasteiger partial charge in [0, 0.05) is 5.41 Å². The van der Waals surface area contributed by atoms with Crippen molar-refractivity contribution < 1.29 is 15.3 Å². The monoisotopic (exact) mass is 300 g/mol. The van der Waals surface area contributed by atoms with Crippen LogP contribution < -0.4 is 0 Å². The van der Waals surface area contributed by atoms with Gasteiger partial charge in [0.2, 0.25) is 0 Å². The highest BCUT2D eigenvalue weighted by Crippen LogP contribution is 2.60. The van der Waals surface area contributed by atoms with Crippen LogP contribution in [0.15, 0.2) is 29.8 Å². The van der Waals surface area contributed by atoms with E-state index >= 15 is 0 Å². The normalized spacial score (nSPS) is 43.1. The fourth-order valence-electron chi connectivity index (χ4n) is 5.39. The maximum atomic E-state index is 10.8. The Morgan fingerprint density at radius 1 is 1.23 bits per heavy atom. The van der Waals surface area contributed by atoms with Crippen molar-refractivity contribution in [3.8, 4) is 5.75 Å². The smallest absolute Gasteiger partial charge is 0.115 e. The third kappa shape index (κ3) is 1.76. The predicted molar refractivity (Wildman–Crippen MR) is 84.6 cm³/mol. The van der Waals surface area contributed by atoms with Crippen LogP contribution in [-0.4, -0.2) is 27.5 Å². The van der Waals surface area contributed by atoms with Crippen molar-refractivity contribution in [2.75, 3.05) is 0 Å². The van der Waals surface area contributed by atoms with Gasteiger partial charge in [-0.2, -0.15) is 0 Å². The number of aliphatic hydroxyl groups is 2. The predicted octanol–water partition coefficient (Wildman–Crippen LogP) is 2.75. The zero-order chi connectivity index (χ0) is 15.6. The van der Waals surface area contributed by atoms with Gasteiger partial charge in [-0.3, -0.25) is 0 Å². The molecule has 4 unspecified atom stereocenters. The Balaban J connectivity index is 1.79. The third-order valence-corrected chi connectivity index (χ3v) is 6.53. The van der Waals surface area contributed by atoms with Crippen LogP contribution in [-0.2, 0) is 6.42 Å². The Bertz CT molecular complexity index is 650. The second kappa shape index (κ2) is 4.59. The first-order valence-corrected chi connectivity index (χ1v) is 8.28. The highest BCUT2D eigenvalue weighted by Gasteiger charge is 2.56. The van der Waals surface area contributed by atoms with Crippen LogP contribution in [0.2, 0.25) is 0 Å². The number of rotatable bonds is 0. The van der Waals surface area contributed by atoms with E-state index in [1.165, 1.54) is 5.56 Å². The van der Waals surface area contributed by atoms with Crippen molar-refractivity contribution in [1.29, 1.82) is 0 Å². The molecule has 0 amide bonds. The first kappa shape index (κ1) is 14.3. The second-order valence-electron chi connectivity index (χ2n) is 7.72. The van der Waals surface area contributed by atoms with E-state index in [9.17, 15) is 15.3 Å². The van der Waals surface area contributed by atoms with Crippen LogP contribution in [0, 0.1) is 17.3 Å². The standard InChI is InChI=1S/C19H24O3/c1-10-7-15-17-14(5-6-19(15,2)18(10)22)13-4-3-12(20)8-11(13)9-16(17)21/h3-4,7-8,14-18,20-22H,5-6,9H2,1-2H3/t14?,15?,16?,17?,18-,19-/m0/s1. The van der Waals surface area contributed by atoms with Crippen LogP contribution in [0.4, 0.5) is 0 Å². The minimum atomic E-state index is -0.404. The lowest BCUT2D eigenvalue weighted by atomic mass is 9.54. The molecular formula is C19H24O3. The molecular weight excluding hydrogens is 276 g/mol. The maximum absolute atomic E-state index is 10.8. The van der Waals surface area contributed by atoms with E-state index in [2.05, 4.69) is 13.0 Å². The van der Waals surface area contributed by atoms with E-state index in [4.69, 9.17) is 0 Å². The number of aromatic hydroxyl groups is 1. The summed E-state index contributed by atoms with van der Waals surface area (Å²) in [5.41, 5.74) is 3.27. The molecule has 3 N–H and O–H groups in total. The molecule has 0 bridgehead atoms. The third-order valence-electron chi connectivity index (χ3n) is 6.53. The van der Waals surface area contributed by atoms with Crippen molar-refractivity contribution >= 4 is 0 Å². The molecule has 118 valence electrons. The number of fused-ring (bicyclic) bond motifs is 5. The molecule has 0 spiro atoms. The molecule has 0 radical (unpaired) electrons. The molecule has 3 nitrogen and oxygen atoms in total. The van der Waals surface area contributed by atoms with Crippen LogP contribution in [0.1, 0.15) is 43.7 Å². The summed E-state index contributed by atoms with van der Waals surface area (Å²) >= 11 is 0. The molecule has 3 heteroatoms. The molecule has 0 aromatic heterocycles. The molecule has 1 fully saturated rings. The van der Waals surface area contributed by atoms with Gasteiger partial charge in [0.15, 0.2) is 0 Å². The average molecular weight is 300 g/mol. The quantitative estimate of drug-likeness (QED) is 0.646. The summed E-state index contributed by atoms with van der Waals surface area (Å²) in [6, 6.07) is 5.58. The van der Waals surface area contributed by atoms with Crippen molar-refractivity contribution in [3.05, 3.63) is 41.0 Å². The van der Waals surface area contributed by atoms with Gasteiger partial charge in [-0.15, -0.1) is 0 Å². The maximum Gasteiger partial charge on any atom is 0.115 e. The van der Waals surface area contributed by atoms with Gasteiger partial charge in [0.05, 0.1) is 12.2 Å². The lowest BCUT2D eigenvalue weighted by Crippen LogP contribution is -2.49. The molecule has 3 aliphatic carbocycles. The van der Waals surface area contributed by atoms with Crippen LogP contribution in [0.5, 0.6) is 5.75 Å².